The van der Waals surface area contributed by atoms with E-state index in [1.165, 1.54) is 16.9 Å². The zero-order valence-corrected chi connectivity index (χ0v) is 13.8. The number of carbonyl (C=O) groups is 1. The van der Waals surface area contributed by atoms with E-state index in [9.17, 15) is 9.90 Å². The fraction of sp³-hybridized carbons (Fsp3) is 0.375. The third kappa shape index (κ3) is 3.24. The number of nitrogens with zero attached hydrogens (tertiary/aromatic N) is 2. The molecule has 0 bridgehead atoms. The summed E-state index contributed by atoms with van der Waals surface area (Å²) in [5.74, 6) is -0.916. The number of hydrogen-bond acceptors (Lipinski definition) is 4. The van der Waals surface area contributed by atoms with Gasteiger partial charge in [0.15, 0.2) is 5.13 Å². The summed E-state index contributed by atoms with van der Waals surface area (Å²) >= 11 is 1.22. The molecule has 0 aliphatic carbocycles. The van der Waals surface area contributed by atoms with Crippen molar-refractivity contribution in [1.82, 2.24) is 4.98 Å². The van der Waals surface area contributed by atoms with Crippen LogP contribution in [0.1, 0.15) is 41.7 Å². The molecule has 0 fully saturated rings. The first-order valence-corrected chi connectivity index (χ1v) is 7.57. The number of hydrogen-bond donors (Lipinski definition) is 1. The minimum atomic E-state index is -0.916. The summed E-state index contributed by atoms with van der Waals surface area (Å²) in [5.41, 5.74) is 2.52. The van der Waals surface area contributed by atoms with Gasteiger partial charge in [0.05, 0.1) is 5.69 Å². The van der Waals surface area contributed by atoms with E-state index < -0.39 is 5.97 Å². The summed E-state index contributed by atoms with van der Waals surface area (Å²) in [7, 11) is 1.90. The zero-order valence-electron chi connectivity index (χ0n) is 13.0. The van der Waals surface area contributed by atoms with Crippen molar-refractivity contribution in [3.05, 3.63) is 40.4 Å². The molecule has 0 saturated carbocycles. The standard InChI is InChI=1S/C16H20N2O2S/c1-10-6-8-11(9-7-10)18(5)15-17-13(16(2,3)4)12(21-15)14(19)20/h6-9H,1-5H3,(H,19,20). The molecule has 5 heteroatoms. The monoisotopic (exact) mass is 304 g/mol. The van der Waals surface area contributed by atoms with E-state index in [1.54, 1.807) is 0 Å². The highest BCUT2D eigenvalue weighted by Gasteiger charge is 2.28. The summed E-state index contributed by atoms with van der Waals surface area (Å²) in [6, 6.07) is 8.08. The van der Waals surface area contributed by atoms with Gasteiger partial charge in [0.2, 0.25) is 0 Å². The highest BCUT2D eigenvalue weighted by atomic mass is 32.1. The highest BCUT2D eigenvalue weighted by Crippen LogP contribution is 2.35. The van der Waals surface area contributed by atoms with E-state index in [2.05, 4.69) is 4.98 Å². The van der Waals surface area contributed by atoms with Gasteiger partial charge in [-0.2, -0.15) is 0 Å². The Labute approximate surface area is 129 Å². The number of benzene rings is 1. The SMILES string of the molecule is Cc1ccc(N(C)c2nc(C(C)(C)C)c(C(=O)O)s2)cc1. The molecule has 0 aliphatic heterocycles. The zero-order chi connectivity index (χ0) is 15.8. The molecule has 0 amide bonds. The van der Waals surface area contributed by atoms with Crippen molar-refractivity contribution in [1.29, 1.82) is 0 Å². The van der Waals surface area contributed by atoms with Crippen LogP contribution in [-0.4, -0.2) is 23.1 Å². The normalized spacial score (nSPS) is 11.5. The smallest absolute Gasteiger partial charge is 0.347 e. The van der Waals surface area contributed by atoms with Gasteiger partial charge >= 0.3 is 5.97 Å². The lowest BCUT2D eigenvalue weighted by atomic mass is 9.91. The van der Waals surface area contributed by atoms with E-state index in [1.807, 2.05) is 63.9 Å². The van der Waals surface area contributed by atoms with Crippen LogP contribution in [0.3, 0.4) is 0 Å². The maximum absolute atomic E-state index is 11.4. The molecule has 0 spiro atoms. The van der Waals surface area contributed by atoms with Gasteiger partial charge in [-0.05, 0) is 19.1 Å². The number of rotatable bonds is 3. The second-order valence-corrected chi connectivity index (χ2v) is 7.10. The molecule has 112 valence electrons. The lowest BCUT2D eigenvalue weighted by Crippen LogP contribution is -2.16. The van der Waals surface area contributed by atoms with Crippen molar-refractivity contribution in [2.45, 2.75) is 33.1 Å². The molecule has 0 radical (unpaired) electrons. The van der Waals surface area contributed by atoms with Crippen LogP contribution in [0.25, 0.3) is 0 Å². The van der Waals surface area contributed by atoms with Gasteiger partial charge in [0.25, 0.3) is 0 Å². The van der Waals surface area contributed by atoms with Crippen molar-refractivity contribution in [3.63, 3.8) is 0 Å². The van der Waals surface area contributed by atoms with Crippen LogP contribution < -0.4 is 4.90 Å². The van der Waals surface area contributed by atoms with Gasteiger partial charge in [-0.1, -0.05) is 49.8 Å². The maximum Gasteiger partial charge on any atom is 0.347 e. The Morgan fingerprint density at radius 3 is 2.24 bits per heavy atom. The predicted molar refractivity (Wildman–Crippen MR) is 87.0 cm³/mol. The van der Waals surface area contributed by atoms with Gasteiger partial charge in [0.1, 0.15) is 4.88 Å². The molecule has 1 aromatic carbocycles. The van der Waals surface area contributed by atoms with Crippen LogP contribution in [0.15, 0.2) is 24.3 Å². The first-order valence-electron chi connectivity index (χ1n) is 6.75. The van der Waals surface area contributed by atoms with Crippen molar-refractivity contribution in [2.75, 3.05) is 11.9 Å². The molecule has 0 atom stereocenters. The summed E-state index contributed by atoms with van der Waals surface area (Å²) in [5, 5.41) is 10.1. The maximum atomic E-state index is 11.4. The van der Waals surface area contributed by atoms with E-state index in [0.717, 1.165) is 5.69 Å². The number of thiazole rings is 1. The average Bonchev–Trinajstić information content (AvgIpc) is 2.84. The Morgan fingerprint density at radius 2 is 1.81 bits per heavy atom. The highest BCUT2D eigenvalue weighted by molar-refractivity contribution is 7.17. The van der Waals surface area contributed by atoms with Crippen LogP contribution in [0.2, 0.25) is 0 Å². The summed E-state index contributed by atoms with van der Waals surface area (Å²) in [4.78, 5) is 18.2. The van der Waals surface area contributed by atoms with Crippen molar-refractivity contribution in [2.24, 2.45) is 0 Å². The molecule has 1 heterocycles. The van der Waals surface area contributed by atoms with Crippen LogP contribution in [0.5, 0.6) is 0 Å². The minimum absolute atomic E-state index is 0.295. The second-order valence-electron chi connectivity index (χ2n) is 6.12. The van der Waals surface area contributed by atoms with Gasteiger partial charge in [-0.15, -0.1) is 0 Å². The van der Waals surface area contributed by atoms with E-state index >= 15 is 0 Å². The summed E-state index contributed by atoms with van der Waals surface area (Å²) in [6.07, 6.45) is 0. The van der Waals surface area contributed by atoms with Crippen molar-refractivity contribution < 1.29 is 9.90 Å². The molecular formula is C16H20N2O2S. The Kier molecular flexibility index (Phi) is 4.05. The van der Waals surface area contributed by atoms with Crippen molar-refractivity contribution >= 4 is 28.1 Å². The molecule has 21 heavy (non-hydrogen) atoms. The number of aryl methyl sites for hydroxylation is 1. The fourth-order valence-corrected chi connectivity index (χ4v) is 3.08. The van der Waals surface area contributed by atoms with Crippen LogP contribution >= 0.6 is 11.3 Å². The molecule has 0 aliphatic rings. The molecule has 4 nitrogen and oxygen atoms in total. The molecule has 0 saturated heterocycles. The quantitative estimate of drug-likeness (QED) is 0.922. The first-order chi connectivity index (χ1) is 9.70. The number of carboxylic acid groups (broad SMARTS) is 1. The number of carboxylic acids is 1. The van der Waals surface area contributed by atoms with E-state index in [4.69, 9.17) is 0 Å². The Balaban J connectivity index is 2.45. The van der Waals surface area contributed by atoms with E-state index in [0.29, 0.717) is 15.7 Å². The van der Waals surface area contributed by atoms with Gasteiger partial charge in [-0.3, -0.25) is 0 Å². The molecule has 0 unspecified atom stereocenters. The molecule has 1 N–H and O–H groups in total. The predicted octanol–water partition coefficient (Wildman–Crippen LogP) is 4.22. The van der Waals surface area contributed by atoms with Crippen molar-refractivity contribution in [3.8, 4) is 0 Å². The van der Waals surface area contributed by atoms with E-state index in [-0.39, 0.29) is 5.41 Å². The van der Waals surface area contributed by atoms with Crippen LogP contribution in [0.4, 0.5) is 10.8 Å². The third-order valence-corrected chi connectivity index (χ3v) is 4.35. The minimum Gasteiger partial charge on any atom is -0.477 e. The average molecular weight is 304 g/mol. The molecule has 1 aromatic heterocycles. The third-order valence-electron chi connectivity index (χ3n) is 3.23. The van der Waals surface area contributed by atoms with Crippen LogP contribution in [-0.2, 0) is 5.41 Å². The number of anilines is 2. The number of aromatic carboxylic acids is 1. The molecular weight excluding hydrogens is 284 g/mol. The topological polar surface area (TPSA) is 53.4 Å². The Bertz CT molecular complexity index is 654. The van der Waals surface area contributed by atoms with Crippen LogP contribution in [0, 0.1) is 6.92 Å². The number of aromatic nitrogens is 1. The van der Waals surface area contributed by atoms with Gasteiger partial charge in [-0.25, -0.2) is 9.78 Å². The Morgan fingerprint density at radius 1 is 1.24 bits per heavy atom. The largest absolute Gasteiger partial charge is 0.477 e. The van der Waals surface area contributed by atoms with Gasteiger partial charge in [0, 0.05) is 18.2 Å². The second kappa shape index (κ2) is 5.48. The Hall–Kier alpha value is -1.88. The molecule has 2 aromatic rings. The first kappa shape index (κ1) is 15.5. The molecule has 2 rings (SSSR count). The summed E-state index contributed by atoms with van der Waals surface area (Å²) < 4.78 is 0. The van der Waals surface area contributed by atoms with Gasteiger partial charge < -0.3 is 10.0 Å². The lowest BCUT2D eigenvalue weighted by Gasteiger charge is -2.18. The lowest BCUT2D eigenvalue weighted by molar-refractivity contribution is 0.0699. The fourth-order valence-electron chi connectivity index (χ4n) is 1.98. The summed E-state index contributed by atoms with van der Waals surface area (Å²) in [6.45, 7) is 7.96.